The van der Waals surface area contributed by atoms with Crippen molar-refractivity contribution in [2.45, 2.75) is 13.8 Å². The van der Waals surface area contributed by atoms with Crippen molar-refractivity contribution in [3.05, 3.63) is 62.0 Å². The highest BCUT2D eigenvalue weighted by Gasteiger charge is 2.22. The Kier molecular flexibility index (Phi) is 5.56. The van der Waals surface area contributed by atoms with E-state index in [9.17, 15) is 14.4 Å². The van der Waals surface area contributed by atoms with Crippen LogP contribution in [0.2, 0.25) is 0 Å². The molecular weight excluding hydrogens is 378 g/mol. The molecule has 0 unspecified atom stereocenters. The Bertz CT molecular complexity index is 839. The maximum Gasteiger partial charge on any atom is 0.343 e. The number of ether oxygens (including phenoxy) is 2. The first-order chi connectivity index (χ1) is 11.4. The summed E-state index contributed by atoms with van der Waals surface area (Å²) in [6.07, 6.45) is 0. The van der Waals surface area contributed by atoms with Gasteiger partial charge in [0.15, 0.2) is 0 Å². The van der Waals surface area contributed by atoms with Crippen molar-refractivity contribution >= 4 is 27.9 Å². The number of halogens is 1. The maximum atomic E-state index is 12.8. The summed E-state index contributed by atoms with van der Waals surface area (Å²) in [4.78, 5) is 36.9. The third kappa shape index (κ3) is 3.41. The molecule has 1 aromatic carbocycles. The predicted molar refractivity (Wildman–Crippen MR) is 91.8 cm³/mol. The molecule has 0 spiro atoms. The second-order valence-electron chi connectivity index (χ2n) is 4.89. The topological polar surface area (TPSA) is 74.6 Å². The number of carbonyl (C=O) groups is 2. The number of esters is 2. The highest BCUT2D eigenvalue weighted by atomic mass is 79.9. The lowest BCUT2D eigenvalue weighted by atomic mass is 10.1. The Balaban J connectivity index is 2.78. The summed E-state index contributed by atoms with van der Waals surface area (Å²) in [6.45, 7) is 3.38. The number of aromatic nitrogens is 1. The first kappa shape index (κ1) is 17.9. The number of hydrogen-bond acceptors (Lipinski definition) is 5. The summed E-state index contributed by atoms with van der Waals surface area (Å²) >= 11 is 3.33. The van der Waals surface area contributed by atoms with Gasteiger partial charge in [-0.05, 0) is 44.2 Å². The second kappa shape index (κ2) is 7.44. The van der Waals surface area contributed by atoms with E-state index in [0.717, 1.165) is 4.47 Å². The van der Waals surface area contributed by atoms with Crippen molar-refractivity contribution in [1.29, 1.82) is 0 Å². The molecule has 0 fully saturated rings. The third-order valence-corrected chi connectivity index (χ3v) is 3.96. The van der Waals surface area contributed by atoms with Crippen LogP contribution in [0.5, 0.6) is 0 Å². The van der Waals surface area contributed by atoms with Crippen LogP contribution in [0.4, 0.5) is 0 Å². The van der Waals surface area contributed by atoms with Crippen LogP contribution in [-0.2, 0) is 9.47 Å². The van der Waals surface area contributed by atoms with Gasteiger partial charge in [-0.25, -0.2) is 9.59 Å². The number of nitrogens with zero attached hydrogens (tertiary/aromatic N) is 1. The van der Waals surface area contributed by atoms with Gasteiger partial charge in [-0.2, -0.15) is 0 Å². The summed E-state index contributed by atoms with van der Waals surface area (Å²) < 4.78 is 11.8. The fourth-order valence-corrected chi connectivity index (χ4v) is 2.54. The molecule has 1 heterocycles. The van der Waals surface area contributed by atoms with Gasteiger partial charge in [0.2, 0.25) is 0 Å². The van der Waals surface area contributed by atoms with E-state index in [-0.39, 0.29) is 17.7 Å². The molecule has 0 saturated heterocycles. The number of carbonyl (C=O) groups excluding carboxylic acids is 2. The molecule has 0 aliphatic heterocycles. The lowest BCUT2D eigenvalue weighted by molar-refractivity contribution is 0.0523. The normalized spacial score (nSPS) is 10.3. The van der Waals surface area contributed by atoms with Gasteiger partial charge in [0.1, 0.15) is 5.56 Å². The zero-order valence-electron chi connectivity index (χ0n) is 13.5. The molecule has 1 aromatic heterocycles. The van der Waals surface area contributed by atoms with Crippen LogP contribution in [0.3, 0.4) is 0 Å². The van der Waals surface area contributed by atoms with Gasteiger partial charge in [-0.15, -0.1) is 0 Å². The molecule has 6 nitrogen and oxygen atoms in total. The SMILES string of the molecule is CCOC(=O)c1cc(C(=O)OC)c(C)n(-c2ccc(Br)cc2)c1=O. The first-order valence-electron chi connectivity index (χ1n) is 7.18. The van der Waals surface area contributed by atoms with Crippen molar-refractivity contribution in [1.82, 2.24) is 4.57 Å². The fraction of sp³-hybridized carbons (Fsp3) is 0.235. The van der Waals surface area contributed by atoms with E-state index < -0.39 is 17.5 Å². The van der Waals surface area contributed by atoms with Crippen molar-refractivity contribution in [3.63, 3.8) is 0 Å². The van der Waals surface area contributed by atoms with Gasteiger partial charge in [0, 0.05) is 15.9 Å². The van der Waals surface area contributed by atoms with Crippen molar-refractivity contribution in [3.8, 4) is 5.69 Å². The van der Waals surface area contributed by atoms with Gasteiger partial charge in [0.05, 0.1) is 19.3 Å². The number of methoxy groups -OCH3 is 1. The monoisotopic (exact) mass is 393 g/mol. The van der Waals surface area contributed by atoms with Crippen molar-refractivity contribution < 1.29 is 19.1 Å². The Labute approximate surface area is 147 Å². The molecule has 0 N–H and O–H groups in total. The molecule has 0 bridgehead atoms. The molecule has 0 aliphatic carbocycles. The zero-order valence-corrected chi connectivity index (χ0v) is 15.0. The lowest BCUT2D eigenvalue weighted by Crippen LogP contribution is -2.30. The third-order valence-electron chi connectivity index (χ3n) is 3.43. The van der Waals surface area contributed by atoms with Gasteiger partial charge in [0.25, 0.3) is 5.56 Å². The Hall–Kier alpha value is -2.41. The summed E-state index contributed by atoms with van der Waals surface area (Å²) in [5.74, 6) is -1.41. The predicted octanol–water partition coefficient (Wildman–Crippen LogP) is 2.87. The van der Waals surface area contributed by atoms with E-state index in [0.29, 0.717) is 11.4 Å². The highest BCUT2D eigenvalue weighted by Crippen LogP contribution is 2.18. The average molecular weight is 394 g/mol. The quantitative estimate of drug-likeness (QED) is 0.746. The molecule has 0 aliphatic rings. The van der Waals surface area contributed by atoms with Crippen LogP contribution >= 0.6 is 15.9 Å². The molecule has 126 valence electrons. The van der Waals surface area contributed by atoms with Gasteiger partial charge < -0.3 is 9.47 Å². The van der Waals surface area contributed by atoms with E-state index in [1.165, 1.54) is 17.7 Å². The first-order valence-corrected chi connectivity index (χ1v) is 7.98. The van der Waals surface area contributed by atoms with Crippen molar-refractivity contribution in [2.75, 3.05) is 13.7 Å². The molecule has 2 aromatic rings. The molecule has 0 amide bonds. The Morgan fingerprint density at radius 2 is 1.75 bits per heavy atom. The summed E-state index contributed by atoms with van der Waals surface area (Å²) in [5, 5.41) is 0. The summed E-state index contributed by atoms with van der Waals surface area (Å²) in [7, 11) is 1.24. The van der Waals surface area contributed by atoms with Crippen LogP contribution in [0.15, 0.2) is 39.6 Å². The minimum absolute atomic E-state index is 0.123. The molecule has 0 atom stereocenters. The summed E-state index contributed by atoms with van der Waals surface area (Å²) in [5.41, 5.74) is 0.258. The van der Waals surface area contributed by atoms with Crippen LogP contribution in [0.1, 0.15) is 33.3 Å². The van der Waals surface area contributed by atoms with Crippen LogP contribution in [0.25, 0.3) is 5.69 Å². The fourth-order valence-electron chi connectivity index (χ4n) is 2.28. The maximum absolute atomic E-state index is 12.8. The Morgan fingerprint density at radius 1 is 1.12 bits per heavy atom. The van der Waals surface area contributed by atoms with Crippen LogP contribution in [-0.4, -0.2) is 30.2 Å². The van der Waals surface area contributed by atoms with E-state index in [2.05, 4.69) is 15.9 Å². The lowest BCUT2D eigenvalue weighted by Gasteiger charge is -2.15. The van der Waals surface area contributed by atoms with Crippen LogP contribution in [0, 0.1) is 6.92 Å². The van der Waals surface area contributed by atoms with E-state index >= 15 is 0 Å². The van der Waals surface area contributed by atoms with E-state index in [4.69, 9.17) is 9.47 Å². The number of benzene rings is 1. The average Bonchev–Trinajstić information content (AvgIpc) is 2.56. The number of pyridine rings is 1. The number of rotatable bonds is 4. The Morgan fingerprint density at radius 3 is 2.29 bits per heavy atom. The highest BCUT2D eigenvalue weighted by molar-refractivity contribution is 9.10. The van der Waals surface area contributed by atoms with Crippen LogP contribution < -0.4 is 5.56 Å². The smallest absolute Gasteiger partial charge is 0.343 e. The van der Waals surface area contributed by atoms with Gasteiger partial charge >= 0.3 is 11.9 Å². The molecule has 2 rings (SSSR count). The van der Waals surface area contributed by atoms with Gasteiger partial charge in [-0.1, -0.05) is 15.9 Å². The molecule has 7 heteroatoms. The van der Waals surface area contributed by atoms with E-state index in [1.807, 2.05) is 0 Å². The standard InChI is InChI=1S/C17H16BrNO5/c1-4-24-17(22)14-9-13(16(21)23-3)10(2)19(15(14)20)12-7-5-11(18)6-8-12/h5-9H,4H2,1-3H3. The second-order valence-corrected chi connectivity index (χ2v) is 5.80. The molecule has 0 radical (unpaired) electrons. The molecule has 24 heavy (non-hydrogen) atoms. The summed E-state index contributed by atoms with van der Waals surface area (Å²) in [6, 6.07) is 8.14. The van der Waals surface area contributed by atoms with Gasteiger partial charge in [-0.3, -0.25) is 9.36 Å². The molecule has 0 saturated carbocycles. The minimum atomic E-state index is -0.779. The zero-order chi connectivity index (χ0) is 17.9. The van der Waals surface area contributed by atoms with E-state index in [1.54, 1.807) is 38.1 Å². The molecular formula is C17H16BrNO5. The number of hydrogen-bond donors (Lipinski definition) is 0. The van der Waals surface area contributed by atoms with Crippen molar-refractivity contribution in [2.24, 2.45) is 0 Å². The largest absolute Gasteiger partial charge is 0.465 e. The minimum Gasteiger partial charge on any atom is -0.465 e.